The molecule has 0 saturated heterocycles. The van der Waals surface area contributed by atoms with Crippen LogP contribution in [0.15, 0.2) is 42.5 Å². The molecule has 0 unspecified atom stereocenters. The Kier molecular flexibility index (Phi) is 3.95. The molecule has 0 radical (unpaired) electrons. The number of halogens is 3. The minimum atomic E-state index is -4.75. The number of ether oxygens (including phenoxy) is 1. The maximum Gasteiger partial charge on any atom is 0.573 e. The van der Waals surface area contributed by atoms with Gasteiger partial charge >= 0.3 is 6.36 Å². The highest BCUT2D eigenvalue weighted by Crippen LogP contribution is 2.31. The molecule has 1 atom stereocenters. The van der Waals surface area contributed by atoms with Crippen molar-refractivity contribution < 1.29 is 28.1 Å². The van der Waals surface area contributed by atoms with Gasteiger partial charge in [-0.1, -0.05) is 12.1 Å². The summed E-state index contributed by atoms with van der Waals surface area (Å²) in [5.74, 6) is -0.663. The zero-order chi connectivity index (χ0) is 15.6. The Morgan fingerprint density at radius 2 is 1.62 bits per heavy atom. The van der Waals surface area contributed by atoms with Crippen molar-refractivity contribution >= 4 is 0 Å². The fraction of sp³-hybridized carbons (Fsp3) is 0.143. The van der Waals surface area contributed by atoms with Gasteiger partial charge in [0.05, 0.1) is 6.04 Å². The summed E-state index contributed by atoms with van der Waals surface area (Å²) in [5.41, 5.74) is 6.78. The minimum Gasteiger partial charge on any atom is -0.508 e. The molecule has 4 N–H and O–H groups in total. The molecule has 112 valence electrons. The third-order valence-electron chi connectivity index (χ3n) is 2.82. The lowest BCUT2D eigenvalue weighted by Crippen LogP contribution is -2.17. The summed E-state index contributed by atoms with van der Waals surface area (Å²) in [5, 5.41) is 18.9. The number of hydrogen-bond donors (Lipinski definition) is 3. The highest BCUT2D eigenvalue weighted by atomic mass is 19.4. The molecule has 0 aromatic heterocycles. The SMILES string of the molecule is N[C@@H](c1ccc(OC(F)(F)F)cc1)c1ccc(O)cc1O. The average Bonchev–Trinajstić information content (AvgIpc) is 2.37. The Bertz CT molecular complexity index is 626. The van der Waals surface area contributed by atoms with E-state index in [9.17, 15) is 23.4 Å². The van der Waals surface area contributed by atoms with Crippen LogP contribution >= 0.6 is 0 Å². The first-order chi connectivity index (χ1) is 9.76. The molecule has 0 saturated carbocycles. The smallest absolute Gasteiger partial charge is 0.508 e. The van der Waals surface area contributed by atoms with Gasteiger partial charge in [0.15, 0.2) is 0 Å². The topological polar surface area (TPSA) is 75.7 Å². The molecule has 2 rings (SSSR count). The standard InChI is InChI=1S/C14H12F3NO3/c15-14(16,17)21-10-4-1-8(2-5-10)13(18)11-6-3-9(19)7-12(11)20/h1-7,13,19-20H,18H2/t13-/m0/s1. The molecule has 0 fully saturated rings. The molecule has 0 aliphatic carbocycles. The van der Waals surface area contributed by atoms with Crippen LogP contribution < -0.4 is 10.5 Å². The van der Waals surface area contributed by atoms with E-state index in [0.717, 1.165) is 18.2 Å². The summed E-state index contributed by atoms with van der Waals surface area (Å²) in [6, 6.07) is 8.21. The Hall–Kier alpha value is -2.41. The molecule has 7 heteroatoms. The summed E-state index contributed by atoms with van der Waals surface area (Å²) in [6.45, 7) is 0. The predicted octanol–water partition coefficient (Wildman–Crippen LogP) is 3.04. The number of phenols is 2. The highest BCUT2D eigenvalue weighted by Gasteiger charge is 2.31. The van der Waals surface area contributed by atoms with Gasteiger partial charge in [-0.15, -0.1) is 13.2 Å². The molecule has 0 spiro atoms. The predicted molar refractivity (Wildman–Crippen MR) is 68.9 cm³/mol. The van der Waals surface area contributed by atoms with E-state index in [1.165, 1.54) is 24.3 Å². The molecule has 0 bridgehead atoms. The largest absolute Gasteiger partial charge is 0.573 e. The number of alkyl halides is 3. The Morgan fingerprint density at radius 3 is 2.14 bits per heavy atom. The van der Waals surface area contributed by atoms with E-state index >= 15 is 0 Å². The Balaban J connectivity index is 2.22. The molecule has 0 aliphatic heterocycles. The van der Waals surface area contributed by atoms with Crippen LogP contribution in [0.25, 0.3) is 0 Å². The van der Waals surface area contributed by atoms with Gasteiger partial charge < -0.3 is 20.7 Å². The van der Waals surface area contributed by atoms with Crippen LogP contribution in [0.5, 0.6) is 17.2 Å². The van der Waals surface area contributed by atoms with Gasteiger partial charge in [0.2, 0.25) is 0 Å². The lowest BCUT2D eigenvalue weighted by atomic mass is 9.98. The summed E-state index contributed by atoms with van der Waals surface area (Å²) in [7, 11) is 0. The first kappa shape index (κ1) is 15.0. The van der Waals surface area contributed by atoms with Gasteiger partial charge in [-0.3, -0.25) is 0 Å². The maximum atomic E-state index is 12.1. The maximum absolute atomic E-state index is 12.1. The third-order valence-corrected chi connectivity index (χ3v) is 2.82. The summed E-state index contributed by atoms with van der Waals surface area (Å²) in [6.07, 6.45) is -4.75. The van der Waals surface area contributed by atoms with E-state index in [4.69, 9.17) is 5.73 Å². The normalized spacial score (nSPS) is 13.0. The van der Waals surface area contributed by atoms with Crippen LogP contribution in [0.1, 0.15) is 17.2 Å². The summed E-state index contributed by atoms with van der Waals surface area (Å²) in [4.78, 5) is 0. The molecule has 2 aromatic carbocycles. The highest BCUT2D eigenvalue weighted by molar-refractivity contribution is 5.45. The van der Waals surface area contributed by atoms with E-state index in [1.807, 2.05) is 0 Å². The monoisotopic (exact) mass is 299 g/mol. The van der Waals surface area contributed by atoms with Crippen LogP contribution in [0.2, 0.25) is 0 Å². The van der Waals surface area contributed by atoms with E-state index in [0.29, 0.717) is 11.1 Å². The number of hydrogen-bond acceptors (Lipinski definition) is 4. The van der Waals surface area contributed by atoms with Gasteiger partial charge in [-0.2, -0.15) is 0 Å². The first-order valence-corrected chi connectivity index (χ1v) is 5.89. The zero-order valence-corrected chi connectivity index (χ0v) is 10.6. The van der Waals surface area contributed by atoms with Crippen molar-refractivity contribution in [3.63, 3.8) is 0 Å². The average molecular weight is 299 g/mol. The molecule has 4 nitrogen and oxygen atoms in total. The molecule has 21 heavy (non-hydrogen) atoms. The lowest BCUT2D eigenvalue weighted by Gasteiger charge is -2.15. The van der Waals surface area contributed by atoms with Crippen LogP contribution in [-0.2, 0) is 0 Å². The van der Waals surface area contributed by atoms with Crippen molar-refractivity contribution in [1.82, 2.24) is 0 Å². The quantitative estimate of drug-likeness (QED) is 0.814. The van der Waals surface area contributed by atoms with Crippen molar-refractivity contribution in [2.45, 2.75) is 12.4 Å². The van der Waals surface area contributed by atoms with E-state index in [1.54, 1.807) is 0 Å². The fourth-order valence-corrected chi connectivity index (χ4v) is 1.85. The van der Waals surface area contributed by atoms with Crippen molar-refractivity contribution in [3.8, 4) is 17.2 Å². The zero-order valence-electron chi connectivity index (χ0n) is 10.6. The second-order valence-electron chi connectivity index (χ2n) is 4.34. The van der Waals surface area contributed by atoms with Gasteiger partial charge in [-0.05, 0) is 29.8 Å². The molecule has 0 heterocycles. The van der Waals surface area contributed by atoms with E-state index in [-0.39, 0.29) is 17.2 Å². The lowest BCUT2D eigenvalue weighted by molar-refractivity contribution is -0.274. The fourth-order valence-electron chi connectivity index (χ4n) is 1.85. The second-order valence-corrected chi connectivity index (χ2v) is 4.34. The molecular weight excluding hydrogens is 287 g/mol. The van der Waals surface area contributed by atoms with E-state index < -0.39 is 12.4 Å². The molecule has 2 aromatic rings. The summed E-state index contributed by atoms with van der Waals surface area (Å²) >= 11 is 0. The Morgan fingerprint density at radius 1 is 1.00 bits per heavy atom. The molecule has 0 amide bonds. The van der Waals surface area contributed by atoms with Gasteiger partial charge in [-0.25, -0.2) is 0 Å². The third kappa shape index (κ3) is 3.79. The summed E-state index contributed by atoms with van der Waals surface area (Å²) < 4.78 is 39.9. The van der Waals surface area contributed by atoms with Crippen LogP contribution in [-0.4, -0.2) is 16.6 Å². The second kappa shape index (κ2) is 5.53. The van der Waals surface area contributed by atoms with Crippen molar-refractivity contribution in [2.24, 2.45) is 5.73 Å². The van der Waals surface area contributed by atoms with E-state index in [2.05, 4.69) is 4.74 Å². The molecular formula is C14H12F3NO3. The number of benzene rings is 2. The number of rotatable bonds is 3. The van der Waals surface area contributed by atoms with Gasteiger partial charge in [0, 0.05) is 11.6 Å². The minimum absolute atomic E-state index is 0.114. The van der Waals surface area contributed by atoms with Crippen molar-refractivity contribution in [1.29, 1.82) is 0 Å². The number of aromatic hydroxyl groups is 2. The van der Waals surface area contributed by atoms with Gasteiger partial charge in [0.25, 0.3) is 0 Å². The number of nitrogens with two attached hydrogens (primary N) is 1. The first-order valence-electron chi connectivity index (χ1n) is 5.89. The Labute approximate surface area is 118 Å². The molecule has 0 aliphatic rings. The van der Waals surface area contributed by atoms with Crippen molar-refractivity contribution in [3.05, 3.63) is 53.6 Å². The van der Waals surface area contributed by atoms with Crippen LogP contribution in [0.4, 0.5) is 13.2 Å². The number of phenolic OH excluding ortho intramolecular Hbond substituents is 2. The van der Waals surface area contributed by atoms with Gasteiger partial charge in [0.1, 0.15) is 17.2 Å². The van der Waals surface area contributed by atoms with Crippen molar-refractivity contribution in [2.75, 3.05) is 0 Å². The van der Waals surface area contributed by atoms with Crippen LogP contribution in [0, 0.1) is 0 Å². The van der Waals surface area contributed by atoms with Crippen LogP contribution in [0.3, 0.4) is 0 Å².